The van der Waals surface area contributed by atoms with Crippen molar-refractivity contribution >= 4 is 11.7 Å². The van der Waals surface area contributed by atoms with Gasteiger partial charge in [-0.15, -0.1) is 0 Å². The van der Waals surface area contributed by atoms with E-state index in [1.165, 1.54) is 0 Å². The topological polar surface area (TPSA) is 101 Å². The highest BCUT2D eigenvalue weighted by atomic mass is 16.4. The molecule has 1 unspecified atom stereocenters. The molecular weight excluding hydrogens is 232 g/mol. The summed E-state index contributed by atoms with van der Waals surface area (Å²) in [4.78, 5) is 16.1. The molecule has 1 heterocycles. The Kier molecular flexibility index (Phi) is 4.25. The molecule has 1 aromatic heterocycles. The average Bonchev–Trinajstić information content (AvgIpc) is 2.37. The molecule has 0 spiro atoms. The van der Waals surface area contributed by atoms with Crippen LogP contribution in [0, 0.1) is 6.92 Å². The standard InChI is InChI=1S/C12H18N4O2/c1-4-12(3,11(13)16-18)15-10(17)9-8(2)6-5-7-14-9/h5-7,18H,4H2,1-3H3,(H2,13,16)(H,15,17). The molecule has 0 fully saturated rings. The first kappa shape index (κ1) is 14.0. The minimum atomic E-state index is -0.893. The van der Waals surface area contributed by atoms with Crippen molar-refractivity contribution in [3.05, 3.63) is 29.6 Å². The molecule has 1 amide bonds. The molecular formula is C12H18N4O2. The van der Waals surface area contributed by atoms with E-state index in [0.29, 0.717) is 12.1 Å². The lowest BCUT2D eigenvalue weighted by atomic mass is 9.97. The van der Waals surface area contributed by atoms with Crippen molar-refractivity contribution < 1.29 is 10.0 Å². The molecule has 0 aliphatic heterocycles. The Labute approximate surface area is 106 Å². The van der Waals surface area contributed by atoms with Crippen LogP contribution in [0.1, 0.15) is 36.3 Å². The van der Waals surface area contributed by atoms with Gasteiger partial charge in [-0.05, 0) is 31.9 Å². The summed E-state index contributed by atoms with van der Waals surface area (Å²) in [5, 5.41) is 14.4. The van der Waals surface area contributed by atoms with Crippen molar-refractivity contribution in [1.82, 2.24) is 10.3 Å². The highest BCUT2D eigenvalue weighted by Gasteiger charge is 2.30. The van der Waals surface area contributed by atoms with Crippen molar-refractivity contribution in [2.75, 3.05) is 0 Å². The maximum absolute atomic E-state index is 12.1. The Hall–Kier alpha value is -2.11. The normalized spacial score (nSPS) is 14.9. The first-order chi connectivity index (χ1) is 8.44. The van der Waals surface area contributed by atoms with Crippen LogP contribution in [0.3, 0.4) is 0 Å². The van der Waals surface area contributed by atoms with E-state index in [0.717, 1.165) is 5.56 Å². The summed E-state index contributed by atoms with van der Waals surface area (Å²) in [6.07, 6.45) is 2.05. The van der Waals surface area contributed by atoms with Gasteiger partial charge in [0.05, 0.1) is 5.54 Å². The summed E-state index contributed by atoms with van der Waals surface area (Å²) in [5.74, 6) is -0.379. The largest absolute Gasteiger partial charge is 0.409 e. The molecule has 0 aliphatic carbocycles. The molecule has 0 saturated heterocycles. The summed E-state index contributed by atoms with van der Waals surface area (Å²) in [7, 11) is 0. The lowest BCUT2D eigenvalue weighted by molar-refractivity contribution is 0.0919. The number of carbonyl (C=O) groups is 1. The third-order valence-electron chi connectivity index (χ3n) is 2.99. The fourth-order valence-electron chi connectivity index (χ4n) is 1.48. The number of nitrogens with zero attached hydrogens (tertiary/aromatic N) is 2. The second-order valence-electron chi connectivity index (χ2n) is 4.29. The van der Waals surface area contributed by atoms with Crippen LogP contribution >= 0.6 is 0 Å². The number of amidine groups is 1. The van der Waals surface area contributed by atoms with Gasteiger partial charge in [0.2, 0.25) is 0 Å². The first-order valence-electron chi connectivity index (χ1n) is 5.66. The maximum atomic E-state index is 12.1. The van der Waals surface area contributed by atoms with Crippen molar-refractivity contribution in [3.63, 3.8) is 0 Å². The summed E-state index contributed by atoms with van der Waals surface area (Å²) < 4.78 is 0. The zero-order valence-corrected chi connectivity index (χ0v) is 10.8. The molecule has 0 aromatic carbocycles. The molecule has 0 radical (unpaired) electrons. The van der Waals surface area contributed by atoms with Crippen LogP contribution in [0.25, 0.3) is 0 Å². The number of hydrogen-bond acceptors (Lipinski definition) is 4. The molecule has 1 rings (SSSR count). The number of rotatable bonds is 4. The predicted molar refractivity (Wildman–Crippen MR) is 68.5 cm³/mol. The summed E-state index contributed by atoms with van der Waals surface area (Å²) in [6.45, 7) is 5.33. The van der Waals surface area contributed by atoms with E-state index in [1.54, 1.807) is 32.2 Å². The van der Waals surface area contributed by atoms with E-state index >= 15 is 0 Å². The number of aromatic nitrogens is 1. The second kappa shape index (κ2) is 5.48. The van der Waals surface area contributed by atoms with Crippen LogP contribution in [0.2, 0.25) is 0 Å². The van der Waals surface area contributed by atoms with Gasteiger partial charge in [-0.1, -0.05) is 18.1 Å². The van der Waals surface area contributed by atoms with E-state index in [9.17, 15) is 4.79 Å². The molecule has 4 N–H and O–H groups in total. The Balaban J connectivity index is 2.97. The molecule has 18 heavy (non-hydrogen) atoms. The van der Waals surface area contributed by atoms with Crippen LogP contribution in [0.4, 0.5) is 0 Å². The highest BCUT2D eigenvalue weighted by molar-refractivity contribution is 5.99. The molecule has 0 aliphatic rings. The third-order valence-corrected chi connectivity index (χ3v) is 2.99. The quantitative estimate of drug-likeness (QED) is 0.321. The number of amides is 1. The Morgan fingerprint density at radius 3 is 2.83 bits per heavy atom. The summed E-state index contributed by atoms with van der Waals surface area (Å²) >= 11 is 0. The monoisotopic (exact) mass is 250 g/mol. The number of carbonyl (C=O) groups excluding carboxylic acids is 1. The second-order valence-corrected chi connectivity index (χ2v) is 4.29. The van der Waals surface area contributed by atoms with Crippen molar-refractivity contribution in [2.45, 2.75) is 32.7 Å². The lowest BCUT2D eigenvalue weighted by Gasteiger charge is -2.27. The number of nitrogens with one attached hydrogen (secondary N) is 1. The fraction of sp³-hybridized carbons (Fsp3) is 0.417. The van der Waals surface area contributed by atoms with Gasteiger partial charge in [-0.2, -0.15) is 0 Å². The van der Waals surface area contributed by atoms with Crippen LogP contribution in [0.15, 0.2) is 23.5 Å². The zero-order chi connectivity index (χ0) is 13.8. The van der Waals surface area contributed by atoms with E-state index < -0.39 is 5.54 Å². The molecule has 0 saturated carbocycles. The van der Waals surface area contributed by atoms with Gasteiger partial charge < -0.3 is 16.3 Å². The van der Waals surface area contributed by atoms with E-state index in [1.807, 2.05) is 6.92 Å². The summed E-state index contributed by atoms with van der Waals surface area (Å²) in [5.41, 5.74) is 5.81. The van der Waals surface area contributed by atoms with Gasteiger partial charge >= 0.3 is 0 Å². The number of pyridine rings is 1. The molecule has 1 atom stereocenters. The number of nitrogens with two attached hydrogens (primary N) is 1. The lowest BCUT2D eigenvalue weighted by Crippen LogP contribution is -2.55. The predicted octanol–water partition coefficient (Wildman–Crippen LogP) is 1.03. The Morgan fingerprint density at radius 1 is 1.67 bits per heavy atom. The minimum Gasteiger partial charge on any atom is -0.409 e. The number of aryl methyl sites for hydroxylation is 1. The maximum Gasteiger partial charge on any atom is 0.270 e. The van der Waals surface area contributed by atoms with Crippen molar-refractivity contribution in [3.8, 4) is 0 Å². The van der Waals surface area contributed by atoms with Crippen LogP contribution < -0.4 is 11.1 Å². The van der Waals surface area contributed by atoms with Crippen LogP contribution in [0.5, 0.6) is 0 Å². The first-order valence-corrected chi connectivity index (χ1v) is 5.66. The smallest absolute Gasteiger partial charge is 0.270 e. The average molecular weight is 250 g/mol. The van der Waals surface area contributed by atoms with E-state index in [2.05, 4.69) is 15.5 Å². The van der Waals surface area contributed by atoms with Gasteiger partial charge in [0, 0.05) is 6.20 Å². The molecule has 6 nitrogen and oxygen atoms in total. The zero-order valence-electron chi connectivity index (χ0n) is 10.8. The fourth-order valence-corrected chi connectivity index (χ4v) is 1.48. The van der Waals surface area contributed by atoms with Gasteiger partial charge in [-0.3, -0.25) is 9.78 Å². The van der Waals surface area contributed by atoms with Gasteiger partial charge in [0.25, 0.3) is 5.91 Å². The van der Waals surface area contributed by atoms with Crippen molar-refractivity contribution in [1.29, 1.82) is 0 Å². The van der Waals surface area contributed by atoms with Crippen LogP contribution in [-0.4, -0.2) is 27.5 Å². The molecule has 0 bridgehead atoms. The molecule has 6 heteroatoms. The van der Waals surface area contributed by atoms with E-state index in [4.69, 9.17) is 10.9 Å². The SMILES string of the molecule is CCC(C)(NC(=O)c1ncccc1C)C(N)=NO. The molecule has 1 aromatic rings. The highest BCUT2D eigenvalue weighted by Crippen LogP contribution is 2.12. The van der Waals surface area contributed by atoms with Gasteiger partial charge in [0.15, 0.2) is 5.84 Å². The summed E-state index contributed by atoms with van der Waals surface area (Å²) in [6, 6.07) is 3.56. The van der Waals surface area contributed by atoms with Crippen molar-refractivity contribution in [2.24, 2.45) is 10.9 Å². The van der Waals surface area contributed by atoms with Gasteiger partial charge in [0.1, 0.15) is 5.69 Å². The Bertz CT molecular complexity index is 473. The number of hydrogen-bond donors (Lipinski definition) is 3. The number of oxime groups is 1. The third kappa shape index (κ3) is 2.77. The van der Waals surface area contributed by atoms with Gasteiger partial charge in [-0.25, -0.2) is 0 Å². The molecule has 98 valence electrons. The minimum absolute atomic E-state index is 0.0352. The van der Waals surface area contributed by atoms with E-state index in [-0.39, 0.29) is 11.7 Å². The Morgan fingerprint density at radius 2 is 2.33 bits per heavy atom. The van der Waals surface area contributed by atoms with Crippen LogP contribution in [-0.2, 0) is 0 Å².